The fourth-order valence-corrected chi connectivity index (χ4v) is 1.57. The van der Waals surface area contributed by atoms with Crippen molar-refractivity contribution in [2.75, 3.05) is 0 Å². The van der Waals surface area contributed by atoms with E-state index in [2.05, 4.69) is 50.3 Å². The lowest BCUT2D eigenvalue weighted by atomic mass is 10.0. The van der Waals surface area contributed by atoms with E-state index >= 15 is 0 Å². The normalized spacial score (nSPS) is 11.0. The number of hydrogen-bond acceptors (Lipinski definition) is 0. The quantitative estimate of drug-likeness (QED) is 0.640. The molecule has 14 heavy (non-hydrogen) atoms. The van der Waals surface area contributed by atoms with Crippen molar-refractivity contribution < 1.29 is 0 Å². The summed E-state index contributed by atoms with van der Waals surface area (Å²) in [5.74, 6) is 0. The summed E-state index contributed by atoms with van der Waals surface area (Å²) in [5.41, 5.74) is 2.87. The van der Waals surface area contributed by atoms with Gasteiger partial charge in [-0.1, -0.05) is 63.1 Å². The fraction of sp³-hybridized carbons (Fsp3) is 0.429. The zero-order chi connectivity index (χ0) is 10.2. The molecule has 0 aliphatic heterocycles. The Balaban J connectivity index is 2.73. The van der Waals surface area contributed by atoms with Crippen molar-refractivity contribution in [3.63, 3.8) is 0 Å². The highest BCUT2D eigenvalue weighted by atomic mass is 14.0. The van der Waals surface area contributed by atoms with Gasteiger partial charge < -0.3 is 0 Å². The third-order valence-corrected chi connectivity index (χ3v) is 2.33. The molecule has 0 aliphatic rings. The molecule has 0 unspecified atom stereocenters. The molecule has 0 bridgehead atoms. The van der Waals surface area contributed by atoms with Crippen molar-refractivity contribution in [3.05, 3.63) is 41.5 Å². The van der Waals surface area contributed by atoms with Gasteiger partial charge in [0.05, 0.1) is 0 Å². The van der Waals surface area contributed by atoms with E-state index in [0.29, 0.717) is 0 Å². The minimum atomic E-state index is 1.18. The van der Waals surface area contributed by atoms with Gasteiger partial charge in [-0.3, -0.25) is 0 Å². The van der Waals surface area contributed by atoms with Gasteiger partial charge in [0.1, 0.15) is 0 Å². The van der Waals surface area contributed by atoms with Crippen LogP contribution in [0.25, 0.3) is 6.08 Å². The Bertz CT molecular complexity index is 284. The van der Waals surface area contributed by atoms with Gasteiger partial charge in [0.25, 0.3) is 0 Å². The van der Waals surface area contributed by atoms with Crippen LogP contribution in [0.5, 0.6) is 0 Å². The summed E-state index contributed by atoms with van der Waals surface area (Å²) in [6, 6.07) is 8.68. The van der Waals surface area contributed by atoms with E-state index in [1.807, 2.05) is 0 Å². The number of unbranched alkanes of at least 4 members (excludes halogenated alkanes) is 1. The Morgan fingerprint density at radius 3 is 2.57 bits per heavy atom. The molecule has 0 fully saturated rings. The average Bonchev–Trinajstić information content (AvgIpc) is 2.21. The van der Waals surface area contributed by atoms with Gasteiger partial charge in [0.2, 0.25) is 0 Å². The molecule has 0 amide bonds. The second-order valence-electron chi connectivity index (χ2n) is 3.64. The molecule has 0 aromatic heterocycles. The Hall–Kier alpha value is -1.04. The first-order valence-corrected chi connectivity index (χ1v) is 5.63. The number of rotatable bonds is 5. The molecule has 1 aromatic rings. The first-order chi connectivity index (χ1) is 6.88. The van der Waals surface area contributed by atoms with Crippen LogP contribution in [0.4, 0.5) is 0 Å². The zero-order valence-corrected chi connectivity index (χ0v) is 9.29. The molecule has 0 heteroatoms. The van der Waals surface area contributed by atoms with Gasteiger partial charge in [-0.25, -0.2) is 0 Å². The van der Waals surface area contributed by atoms with Crippen molar-refractivity contribution in [2.24, 2.45) is 0 Å². The molecule has 1 rings (SSSR count). The lowest BCUT2D eigenvalue weighted by Gasteiger charge is -2.03. The predicted molar refractivity (Wildman–Crippen MR) is 64.4 cm³/mol. The molecule has 0 N–H and O–H groups in total. The molecule has 0 radical (unpaired) electrons. The standard InChI is InChI=1S/C14H20/c1-3-5-6-10-14-12-8-7-11-13(14)9-4-2/h6-8,10-12H,3-5,9H2,1-2H3/b10-6+. The Labute approximate surface area is 87.7 Å². The maximum atomic E-state index is 2.27. The Kier molecular flexibility index (Phi) is 5.06. The van der Waals surface area contributed by atoms with Gasteiger partial charge in [-0.05, 0) is 24.0 Å². The van der Waals surface area contributed by atoms with Crippen LogP contribution in [0.15, 0.2) is 30.3 Å². The Morgan fingerprint density at radius 2 is 1.86 bits per heavy atom. The molecule has 76 valence electrons. The van der Waals surface area contributed by atoms with E-state index in [1.165, 1.54) is 36.8 Å². The maximum Gasteiger partial charge on any atom is -0.0228 e. The van der Waals surface area contributed by atoms with E-state index < -0.39 is 0 Å². The van der Waals surface area contributed by atoms with E-state index in [0.717, 1.165) is 0 Å². The molecular weight excluding hydrogens is 168 g/mol. The second kappa shape index (κ2) is 6.42. The summed E-state index contributed by atoms with van der Waals surface area (Å²) < 4.78 is 0. The largest absolute Gasteiger partial charge is 0.0839 e. The first-order valence-electron chi connectivity index (χ1n) is 5.63. The summed E-state index contributed by atoms with van der Waals surface area (Å²) in [6.07, 6.45) is 9.35. The van der Waals surface area contributed by atoms with Crippen LogP contribution in [0.2, 0.25) is 0 Å². The minimum absolute atomic E-state index is 1.18. The highest BCUT2D eigenvalue weighted by Gasteiger charge is 1.95. The summed E-state index contributed by atoms with van der Waals surface area (Å²) in [5, 5.41) is 0. The van der Waals surface area contributed by atoms with Gasteiger partial charge in [-0.15, -0.1) is 0 Å². The third-order valence-electron chi connectivity index (χ3n) is 2.33. The van der Waals surface area contributed by atoms with E-state index in [-0.39, 0.29) is 0 Å². The molecule has 0 saturated carbocycles. The highest BCUT2D eigenvalue weighted by Crippen LogP contribution is 2.13. The molecule has 0 nitrogen and oxygen atoms in total. The molecule has 0 atom stereocenters. The molecule has 0 aliphatic carbocycles. The lowest BCUT2D eigenvalue weighted by Crippen LogP contribution is -1.87. The van der Waals surface area contributed by atoms with Crippen LogP contribution in [-0.2, 0) is 6.42 Å². The van der Waals surface area contributed by atoms with Gasteiger partial charge in [-0.2, -0.15) is 0 Å². The first kappa shape index (κ1) is 11.0. The number of allylic oxidation sites excluding steroid dienone is 1. The monoisotopic (exact) mass is 188 g/mol. The predicted octanol–water partition coefficient (Wildman–Crippen LogP) is 4.45. The van der Waals surface area contributed by atoms with Crippen molar-refractivity contribution in [1.29, 1.82) is 0 Å². The van der Waals surface area contributed by atoms with Crippen LogP contribution in [0.3, 0.4) is 0 Å². The summed E-state index contributed by atoms with van der Waals surface area (Å²) in [6.45, 7) is 4.44. The summed E-state index contributed by atoms with van der Waals surface area (Å²) >= 11 is 0. The van der Waals surface area contributed by atoms with Crippen molar-refractivity contribution in [2.45, 2.75) is 39.5 Å². The minimum Gasteiger partial charge on any atom is -0.0839 e. The van der Waals surface area contributed by atoms with Crippen LogP contribution in [0.1, 0.15) is 44.2 Å². The second-order valence-corrected chi connectivity index (χ2v) is 3.64. The van der Waals surface area contributed by atoms with Crippen molar-refractivity contribution >= 4 is 6.08 Å². The molecule has 0 saturated heterocycles. The summed E-state index contributed by atoms with van der Waals surface area (Å²) in [4.78, 5) is 0. The van der Waals surface area contributed by atoms with Crippen molar-refractivity contribution in [1.82, 2.24) is 0 Å². The molecule has 0 spiro atoms. The lowest BCUT2D eigenvalue weighted by molar-refractivity contribution is 0.919. The van der Waals surface area contributed by atoms with Crippen LogP contribution in [0, 0.1) is 0 Å². The van der Waals surface area contributed by atoms with E-state index in [9.17, 15) is 0 Å². The third kappa shape index (κ3) is 3.37. The SMILES string of the molecule is CCC/C=C/c1ccccc1CCC. The molecule has 1 aromatic carbocycles. The number of hydrogen-bond donors (Lipinski definition) is 0. The van der Waals surface area contributed by atoms with Crippen LogP contribution >= 0.6 is 0 Å². The van der Waals surface area contributed by atoms with Gasteiger partial charge >= 0.3 is 0 Å². The Morgan fingerprint density at radius 1 is 1.07 bits per heavy atom. The van der Waals surface area contributed by atoms with E-state index in [4.69, 9.17) is 0 Å². The molecular formula is C14H20. The smallest absolute Gasteiger partial charge is 0.0228 e. The van der Waals surface area contributed by atoms with E-state index in [1.54, 1.807) is 0 Å². The van der Waals surface area contributed by atoms with Crippen molar-refractivity contribution in [3.8, 4) is 0 Å². The number of aryl methyl sites for hydroxylation is 1. The highest BCUT2D eigenvalue weighted by molar-refractivity contribution is 5.53. The topological polar surface area (TPSA) is 0 Å². The summed E-state index contributed by atoms with van der Waals surface area (Å²) in [7, 11) is 0. The van der Waals surface area contributed by atoms with Gasteiger partial charge in [0.15, 0.2) is 0 Å². The maximum absolute atomic E-state index is 2.27. The van der Waals surface area contributed by atoms with Crippen LogP contribution in [-0.4, -0.2) is 0 Å². The van der Waals surface area contributed by atoms with Gasteiger partial charge in [0, 0.05) is 0 Å². The zero-order valence-electron chi connectivity index (χ0n) is 9.29. The average molecular weight is 188 g/mol. The molecule has 0 heterocycles. The van der Waals surface area contributed by atoms with Crippen LogP contribution < -0.4 is 0 Å². The fourth-order valence-electron chi connectivity index (χ4n) is 1.57. The number of benzene rings is 1.